The SMILES string of the molecule is N#Cc1ccnc(N2CCCC(OC(=O)Cc3c[nH]c4ccccc34)C2)c1. The first-order valence-corrected chi connectivity index (χ1v) is 9.08. The second-order valence-electron chi connectivity index (χ2n) is 6.75. The number of carbonyl (C=O) groups excluding carboxylic acids is 1. The van der Waals surface area contributed by atoms with Gasteiger partial charge in [-0.05, 0) is 36.6 Å². The zero-order chi connectivity index (χ0) is 18.6. The highest BCUT2D eigenvalue weighted by molar-refractivity contribution is 5.87. The van der Waals surface area contributed by atoms with Crippen LogP contribution in [0.4, 0.5) is 5.82 Å². The average molecular weight is 360 g/mol. The number of pyridine rings is 1. The molecule has 0 amide bonds. The fourth-order valence-electron chi connectivity index (χ4n) is 3.56. The lowest BCUT2D eigenvalue weighted by atomic mass is 10.1. The predicted octanol–water partition coefficient (Wildman–Crippen LogP) is 3.19. The number of aromatic nitrogens is 2. The monoisotopic (exact) mass is 360 g/mol. The number of carbonyl (C=O) groups is 1. The van der Waals surface area contributed by atoms with E-state index in [0.29, 0.717) is 12.1 Å². The number of esters is 1. The highest BCUT2D eigenvalue weighted by Gasteiger charge is 2.24. The number of nitriles is 1. The summed E-state index contributed by atoms with van der Waals surface area (Å²) in [5.74, 6) is 0.539. The van der Waals surface area contributed by atoms with E-state index in [0.717, 1.165) is 41.7 Å². The Hall–Kier alpha value is -3.33. The number of hydrogen-bond acceptors (Lipinski definition) is 5. The number of H-pyrrole nitrogens is 1. The molecule has 136 valence electrons. The lowest BCUT2D eigenvalue weighted by molar-refractivity contribution is -0.148. The number of aromatic amines is 1. The number of para-hydroxylation sites is 1. The van der Waals surface area contributed by atoms with Crippen molar-refractivity contribution in [3.05, 3.63) is 59.9 Å². The van der Waals surface area contributed by atoms with Crippen LogP contribution in [0, 0.1) is 11.3 Å². The number of anilines is 1. The van der Waals surface area contributed by atoms with Crippen molar-refractivity contribution in [2.75, 3.05) is 18.0 Å². The molecule has 2 aromatic heterocycles. The van der Waals surface area contributed by atoms with Gasteiger partial charge in [0.2, 0.25) is 0 Å². The van der Waals surface area contributed by atoms with Crippen LogP contribution in [0.1, 0.15) is 24.0 Å². The molecule has 1 N–H and O–H groups in total. The molecule has 6 heteroatoms. The molecule has 3 aromatic rings. The molecule has 6 nitrogen and oxygen atoms in total. The van der Waals surface area contributed by atoms with Crippen LogP contribution in [-0.2, 0) is 16.0 Å². The average Bonchev–Trinajstić information content (AvgIpc) is 3.11. The summed E-state index contributed by atoms with van der Waals surface area (Å²) in [4.78, 5) is 22.1. The Morgan fingerprint density at radius 2 is 2.26 bits per heavy atom. The molecule has 1 aromatic carbocycles. The number of piperidine rings is 1. The number of nitrogens with one attached hydrogen (secondary N) is 1. The van der Waals surface area contributed by atoms with Crippen molar-refractivity contribution >= 4 is 22.7 Å². The maximum absolute atomic E-state index is 12.5. The number of rotatable bonds is 4. The molecule has 1 aliphatic rings. The lowest BCUT2D eigenvalue weighted by Crippen LogP contribution is -2.41. The normalized spacial score (nSPS) is 16.9. The Kier molecular flexibility index (Phi) is 4.75. The van der Waals surface area contributed by atoms with Crippen LogP contribution < -0.4 is 4.90 Å². The number of benzene rings is 1. The Bertz CT molecular complexity index is 1000. The van der Waals surface area contributed by atoms with Gasteiger partial charge in [-0.25, -0.2) is 4.98 Å². The van der Waals surface area contributed by atoms with E-state index in [2.05, 4.69) is 20.9 Å². The number of fused-ring (bicyclic) bond motifs is 1. The second-order valence-corrected chi connectivity index (χ2v) is 6.75. The van der Waals surface area contributed by atoms with Gasteiger partial charge in [-0.3, -0.25) is 4.79 Å². The van der Waals surface area contributed by atoms with E-state index in [-0.39, 0.29) is 18.5 Å². The maximum atomic E-state index is 12.5. The van der Waals surface area contributed by atoms with Crippen LogP contribution in [-0.4, -0.2) is 35.1 Å². The Morgan fingerprint density at radius 3 is 3.15 bits per heavy atom. The third kappa shape index (κ3) is 3.77. The van der Waals surface area contributed by atoms with Crippen molar-refractivity contribution in [1.82, 2.24) is 9.97 Å². The van der Waals surface area contributed by atoms with Gasteiger partial charge in [-0.15, -0.1) is 0 Å². The molecule has 3 heterocycles. The van der Waals surface area contributed by atoms with Crippen LogP contribution in [0.2, 0.25) is 0 Å². The van der Waals surface area contributed by atoms with Crippen LogP contribution in [0.5, 0.6) is 0 Å². The molecule has 1 fully saturated rings. The summed E-state index contributed by atoms with van der Waals surface area (Å²) in [6, 6.07) is 13.5. The van der Waals surface area contributed by atoms with Crippen LogP contribution in [0.15, 0.2) is 48.8 Å². The van der Waals surface area contributed by atoms with Crippen LogP contribution in [0.3, 0.4) is 0 Å². The fraction of sp³-hybridized carbons (Fsp3) is 0.286. The molecular weight excluding hydrogens is 340 g/mol. The van der Waals surface area contributed by atoms with Gasteiger partial charge in [-0.1, -0.05) is 18.2 Å². The molecule has 1 unspecified atom stereocenters. The van der Waals surface area contributed by atoms with Gasteiger partial charge in [0.05, 0.1) is 24.6 Å². The smallest absolute Gasteiger partial charge is 0.310 e. The quantitative estimate of drug-likeness (QED) is 0.723. The van der Waals surface area contributed by atoms with Crippen molar-refractivity contribution in [2.24, 2.45) is 0 Å². The molecular formula is C21H20N4O2. The Labute approximate surface area is 157 Å². The highest BCUT2D eigenvalue weighted by Crippen LogP contribution is 2.22. The van der Waals surface area contributed by atoms with E-state index in [1.807, 2.05) is 30.5 Å². The van der Waals surface area contributed by atoms with Crippen molar-refractivity contribution in [2.45, 2.75) is 25.4 Å². The summed E-state index contributed by atoms with van der Waals surface area (Å²) in [6.07, 6.45) is 5.36. The van der Waals surface area contributed by atoms with Crippen molar-refractivity contribution in [1.29, 1.82) is 5.26 Å². The summed E-state index contributed by atoms with van der Waals surface area (Å²) >= 11 is 0. The van der Waals surface area contributed by atoms with Gasteiger partial charge in [0, 0.05) is 29.8 Å². The number of nitrogens with zero attached hydrogens (tertiary/aromatic N) is 3. The minimum absolute atomic E-state index is 0.163. The zero-order valence-electron chi connectivity index (χ0n) is 14.9. The third-order valence-corrected chi connectivity index (χ3v) is 4.88. The molecule has 4 rings (SSSR count). The molecule has 0 radical (unpaired) electrons. The predicted molar refractivity (Wildman–Crippen MR) is 102 cm³/mol. The number of hydrogen-bond donors (Lipinski definition) is 1. The van der Waals surface area contributed by atoms with Gasteiger partial charge in [-0.2, -0.15) is 5.26 Å². The fourth-order valence-corrected chi connectivity index (χ4v) is 3.56. The molecule has 1 aliphatic heterocycles. The first kappa shape index (κ1) is 17.1. The Morgan fingerprint density at radius 1 is 1.37 bits per heavy atom. The molecule has 1 saturated heterocycles. The zero-order valence-corrected chi connectivity index (χ0v) is 14.9. The summed E-state index contributed by atoms with van der Waals surface area (Å²) in [5, 5.41) is 10.1. The molecule has 27 heavy (non-hydrogen) atoms. The molecule has 0 aliphatic carbocycles. The van der Waals surface area contributed by atoms with E-state index < -0.39 is 0 Å². The van der Waals surface area contributed by atoms with E-state index in [4.69, 9.17) is 10.00 Å². The summed E-state index contributed by atoms with van der Waals surface area (Å²) in [6.45, 7) is 1.44. The van der Waals surface area contributed by atoms with Crippen molar-refractivity contribution < 1.29 is 9.53 Å². The minimum atomic E-state index is -0.217. The van der Waals surface area contributed by atoms with Gasteiger partial charge in [0.25, 0.3) is 0 Å². The standard InChI is InChI=1S/C21H20N4O2/c22-12-15-7-8-23-20(10-15)25-9-3-4-17(14-25)27-21(26)11-16-13-24-19-6-2-1-5-18(16)19/h1-2,5-8,10,13,17,24H,3-4,9,11,14H2. The third-order valence-electron chi connectivity index (χ3n) is 4.88. The largest absolute Gasteiger partial charge is 0.460 e. The topological polar surface area (TPSA) is 82.0 Å². The van der Waals surface area contributed by atoms with Gasteiger partial charge >= 0.3 is 5.97 Å². The van der Waals surface area contributed by atoms with Gasteiger partial charge in [0.15, 0.2) is 0 Å². The van der Waals surface area contributed by atoms with Crippen LogP contribution >= 0.6 is 0 Å². The molecule has 0 bridgehead atoms. The first-order valence-electron chi connectivity index (χ1n) is 9.08. The molecule has 0 spiro atoms. The van der Waals surface area contributed by atoms with E-state index in [1.54, 1.807) is 18.3 Å². The van der Waals surface area contributed by atoms with Crippen molar-refractivity contribution in [3.8, 4) is 6.07 Å². The molecule has 0 saturated carbocycles. The second kappa shape index (κ2) is 7.50. The van der Waals surface area contributed by atoms with Gasteiger partial charge < -0.3 is 14.6 Å². The molecule has 1 atom stereocenters. The van der Waals surface area contributed by atoms with Crippen molar-refractivity contribution in [3.63, 3.8) is 0 Å². The van der Waals surface area contributed by atoms with E-state index >= 15 is 0 Å². The van der Waals surface area contributed by atoms with Gasteiger partial charge in [0.1, 0.15) is 11.9 Å². The van der Waals surface area contributed by atoms with Crippen LogP contribution in [0.25, 0.3) is 10.9 Å². The lowest BCUT2D eigenvalue weighted by Gasteiger charge is -2.33. The summed E-state index contributed by atoms with van der Waals surface area (Å²) < 4.78 is 5.73. The highest BCUT2D eigenvalue weighted by atomic mass is 16.5. The number of ether oxygens (including phenoxy) is 1. The van der Waals surface area contributed by atoms with E-state index in [9.17, 15) is 4.79 Å². The summed E-state index contributed by atoms with van der Waals surface area (Å²) in [5.41, 5.74) is 2.55. The maximum Gasteiger partial charge on any atom is 0.310 e. The minimum Gasteiger partial charge on any atom is -0.460 e. The Balaban J connectivity index is 1.40. The van der Waals surface area contributed by atoms with E-state index in [1.165, 1.54) is 0 Å². The summed E-state index contributed by atoms with van der Waals surface area (Å²) in [7, 11) is 0. The first-order chi connectivity index (χ1) is 13.2.